The minimum atomic E-state index is -0.505. The smallest absolute Gasteiger partial charge is 0.337 e. The van der Waals surface area contributed by atoms with E-state index in [0.29, 0.717) is 34.5 Å². The highest BCUT2D eigenvalue weighted by Crippen LogP contribution is 2.45. The van der Waals surface area contributed by atoms with Gasteiger partial charge in [0.1, 0.15) is 0 Å². The Labute approximate surface area is 174 Å². The Kier molecular flexibility index (Phi) is 4.99. The minimum absolute atomic E-state index is 0.429. The predicted octanol–water partition coefficient (Wildman–Crippen LogP) is 3.52. The van der Waals surface area contributed by atoms with E-state index < -0.39 is 12.0 Å². The fourth-order valence-electron chi connectivity index (χ4n) is 3.91. The number of ether oxygens (including phenoxy) is 4. The topological polar surface area (TPSA) is 83.8 Å². The number of imidazole rings is 1. The Hall–Kier alpha value is -3.68. The number of benzene rings is 2. The Morgan fingerprint density at radius 3 is 2.30 bits per heavy atom. The first kappa shape index (κ1) is 19.6. The number of methoxy groups -OCH3 is 4. The lowest BCUT2D eigenvalue weighted by Gasteiger charge is -2.30. The summed E-state index contributed by atoms with van der Waals surface area (Å²) in [6.45, 7) is 1.83. The van der Waals surface area contributed by atoms with Crippen molar-refractivity contribution < 1.29 is 23.7 Å². The lowest BCUT2D eigenvalue weighted by atomic mass is 9.94. The molecule has 4 rings (SSSR count). The third kappa shape index (κ3) is 2.92. The molecule has 3 aromatic rings. The molecule has 0 amide bonds. The number of para-hydroxylation sites is 2. The molecule has 2 heterocycles. The molecule has 1 N–H and O–H groups in total. The number of nitrogens with zero attached hydrogens (tertiary/aromatic N) is 2. The van der Waals surface area contributed by atoms with Crippen LogP contribution in [0.1, 0.15) is 18.5 Å². The van der Waals surface area contributed by atoms with Crippen molar-refractivity contribution in [3.63, 3.8) is 0 Å². The molecule has 1 atom stereocenters. The predicted molar refractivity (Wildman–Crippen MR) is 112 cm³/mol. The van der Waals surface area contributed by atoms with Crippen LogP contribution >= 0.6 is 0 Å². The summed E-state index contributed by atoms with van der Waals surface area (Å²) in [6.07, 6.45) is 0. The van der Waals surface area contributed by atoms with Crippen molar-refractivity contribution in [2.45, 2.75) is 13.0 Å². The fourth-order valence-corrected chi connectivity index (χ4v) is 3.91. The first-order chi connectivity index (χ1) is 14.5. The molecule has 156 valence electrons. The monoisotopic (exact) mass is 409 g/mol. The average Bonchev–Trinajstić information content (AvgIpc) is 3.14. The van der Waals surface area contributed by atoms with Crippen molar-refractivity contribution in [1.29, 1.82) is 0 Å². The summed E-state index contributed by atoms with van der Waals surface area (Å²) < 4.78 is 23.6. The summed E-state index contributed by atoms with van der Waals surface area (Å²) in [5, 5.41) is 3.24. The highest BCUT2D eigenvalue weighted by molar-refractivity contribution is 5.94. The van der Waals surface area contributed by atoms with Crippen LogP contribution < -0.4 is 19.5 Å². The normalized spacial score (nSPS) is 15.4. The summed E-state index contributed by atoms with van der Waals surface area (Å²) in [7, 11) is 6.04. The Balaban J connectivity index is 2.04. The molecule has 30 heavy (non-hydrogen) atoms. The molecule has 2 aromatic carbocycles. The van der Waals surface area contributed by atoms with E-state index in [1.807, 2.05) is 47.9 Å². The van der Waals surface area contributed by atoms with Gasteiger partial charge >= 0.3 is 5.97 Å². The van der Waals surface area contributed by atoms with E-state index in [0.717, 1.165) is 16.6 Å². The van der Waals surface area contributed by atoms with Crippen LogP contribution in [0.15, 0.2) is 47.7 Å². The van der Waals surface area contributed by atoms with Gasteiger partial charge in [0.2, 0.25) is 11.7 Å². The van der Waals surface area contributed by atoms with Gasteiger partial charge in [-0.25, -0.2) is 9.78 Å². The number of hydrogen-bond donors (Lipinski definition) is 1. The van der Waals surface area contributed by atoms with Gasteiger partial charge in [0.05, 0.1) is 51.1 Å². The number of fused-ring (bicyclic) bond motifs is 3. The standard InChI is InChI=1S/C22H23N3O5/c1-12-18(21(26)30-5)19(13-10-16(27-2)20(29-4)17(11-13)28-3)25-15-9-7-6-8-14(15)24-22(25)23-12/h6-11,19H,1-5H3,(H,23,24)/t19-/m1/s1. The van der Waals surface area contributed by atoms with Crippen LogP contribution in [0, 0.1) is 0 Å². The summed E-state index contributed by atoms with van der Waals surface area (Å²) in [6, 6.07) is 10.9. The molecule has 8 heteroatoms. The van der Waals surface area contributed by atoms with Crippen LogP contribution in [0.25, 0.3) is 11.0 Å². The molecule has 1 aliphatic heterocycles. The number of aromatic nitrogens is 2. The van der Waals surface area contributed by atoms with Crippen molar-refractivity contribution >= 4 is 23.0 Å². The largest absolute Gasteiger partial charge is 0.493 e. The number of anilines is 1. The van der Waals surface area contributed by atoms with Gasteiger partial charge in [0.15, 0.2) is 11.5 Å². The lowest BCUT2D eigenvalue weighted by Crippen LogP contribution is -2.28. The van der Waals surface area contributed by atoms with Crippen molar-refractivity contribution in [3.05, 3.63) is 53.2 Å². The van der Waals surface area contributed by atoms with Crippen LogP contribution in [0.4, 0.5) is 5.95 Å². The van der Waals surface area contributed by atoms with E-state index in [1.165, 1.54) is 7.11 Å². The molecule has 0 radical (unpaired) electrons. The second-order valence-electron chi connectivity index (χ2n) is 6.81. The van der Waals surface area contributed by atoms with E-state index in [-0.39, 0.29) is 0 Å². The third-order valence-corrected chi connectivity index (χ3v) is 5.24. The maximum atomic E-state index is 12.8. The van der Waals surface area contributed by atoms with Gasteiger partial charge in [-0.05, 0) is 36.8 Å². The molecule has 0 unspecified atom stereocenters. The molecule has 8 nitrogen and oxygen atoms in total. The third-order valence-electron chi connectivity index (χ3n) is 5.24. The highest BCUT2D eigenvalue weighted by atomic mass is 16.5. The molecule has 0 spiro atoms. The SMILES string of the molecule is COC(=O)C1=C(C)Nc2nc3ccccc3n2[C@@H]1c1cc(OC)c(OC)c(OC)c1. The van der Waals surface area contributed by atoms with E-state index in [9.17, 15) is 4.79 Å². The summed E-state index contributed by atoms with van der Waals surface area (Å²) in [5.41, 5.74) is 3.62. The van der Waals surface area contributed by atoms with Gasteiger partial charge in [-0.2, -0.15) is 0 Å². The molecule has 1 aliphatic rings. The number of esters is 1. The molecular formula is C22H23N3O5. The molecule has 0 aliphatic carbocycles. The molecule has 0 fully saturated rings. The van der Waals surface area contributed by atoms with E-state index in [2.05, 4.69) is 5.32 Å². The Morgan fingerprint density at radius 1 is 1.03 bits per heavy atom. The maximum absolute atomic E-state index is 12.8. The molecule has 0 saturated heterocycles. The fraction of sp³-hybridized carbons (Fsp3) is 0.273. The van der Waals surface area contributed by atoms with Crippen LogP contribution in [-0.2, 0) is 9.53 Å². The van der Waals surface area contributed by atoms with Crippen molar-refractivity contribution in [2.24, 2.45) is 0 Å². The zero-order chi connectivity index (χ0) is 21.4. The number of hydrogen-bond acceptors (Lipinski definition) is 7. The summed E-state index contributed by atoms with van der Waals surface area (Å²) >= 11 is 0. The van der Waals surface area contributed by atoms with Gasteiger partial charge in [-0.1, -0.05) is 12.1 Å². The first-order valence-electron chi connectivity index (χ1n) is 9.37. The average molecular weight is 409 g/mol. The van der Waals surface area contributed by atoms with Gasteiger partial charge in [0, 0.05) is 5.70 Å². The quantitative estimate of drug-likeness (QED) is 0.646. The molecule has 0 bridgehead atoms. The van der Waals surface area contributed by atoms with Crippen LogP contribution in [0.3, 0.4) is 0 Å². The van der Waals surface area contributed by atoms with Gasteiger partial charge in [0.25, 0.3) is 0 Å². The number of rotatable bonds is 5. The molecular weight excluding hydrogens is 386 g/mol. The van der Waals surface area contributed by atoms with Crippen LogP contribution in [0.5, 0.6) is 17.2 Å². The number of allylic oxidation sites excluding steroid dienone is 1. The Morgan fingerprint density at radius 2 is 1.70 bits per heavy atom. The highest BCUT2D eigenvalue weighted by Gasteiger charge is 2.35. The van der Waals surface area contributed by atoms with E-state index in [4.69, 9.17) is 23.9 Å². The zero-order valence-corrected chi connectivity index (χ0v) is 17.5. The van der Waals surface area contributed by atoms with Crippen molar-refractivity contribution in [3.8, 4) is 17.2 Å². The van der Waals surface area contributed by atoms with Gasteiger partial charge in [-0.15, -0.1) is 0 Å². The van der Waals surface area contributed by atoms with Crippen molar-refractivity contribution in [1.82, 2.24) is 9.55 Å². The minimum Gasteiger partial charge on any atom is -0.493 e. The van der Waals surface area contributed by atoms with Crippen LogP contribution in [0.2, 0.25) is 0 Å². The summed E-state index contributed by atoms with van der Waals surface area (Å²) in [4.78, 5) is 17.5. The molecule has 1 aromatic heterocycles. The Bertz CT molecular complexity index is 1140. The van der Waals surface area contributed by atoms with E-state index >= 15 is 0 Å². The van der Waals surface area contributed by atoms with Gasteiger partial charge < -0.3 is 24.3 Å². The van der Waals surface area contributed by atoms with Gasteiger partial charge in [-0.3, -0.25) is 4.57 Å². The maximum Gasteiger partial charge on any atom is 0.337 e. The molecule has 0 saturated carbocycles. The van der Waals surface area contributed by atoms with Crippen LogP contribution in [-0.4, -0.2) is 44.0 Å². The number of nitrogens with one attached hydrogen (secondary N) is 1. The van der Waals surface area contributed by atoms with Crippen molar-refractivity contribution in [2.75, 3.05) is 33.8 Å². The number of carbonyl (C=O) groups is 1. The lowest BCUT2D eigenvalue weighted by molar-refractivity contribution is -0.136. The second kappa shape index (κ2) is 7.62. The van der Waals surface area contributed by atoms with E-state index in [1.54, 1.807) is 21.3 Å². The first-order valence-corrected chi connectivity index (χ1v) is 9.37. The summed E-state index contributed by atoms with van der Waals surface area (Å²) in [5.74, 6) is 1.69. The number of carbonyl (C=O) groups excluding carboxylic acids is 1. The second-order valence-corrected chi connectivity index (χ2v) is 6.81. The zero-order valence-electron chi connectivity index (χ0n) is 17.5.